The van der Waals surface area contributed by atoms with Crippen molar-refractivity contribution in [2.45, 2.75) is 26.2 Å². The molecule has 0 bridgehead atoms. The van der Waals surface area contributed by atoms with Crippen molar-refractivity contribution in [3.05, 3.63) is 48.5 Å². The highest BCUT2D eigenvalue weighted by atomic mass is 16.1. The van der Waals surface area contributed by atoms with Crippen LogP contribution < -0.4 is 15.5 Å². The van der Waals surface area contributed by atoms with Crippen LogP contribution in [0.15, 0.2) is 48.5 Å². The molecule has 0 unspecified atom stereocenters. The number of para-hydroxylation sites is 1. The first kappa shape index (κ1) is 17.3. The van der Waals surface area contributed by atoms with Crippen LogP contribution in [0.1, 0.15) is 26.2 Å². The second-order valence-corrected chi connectivity index (χ2v) is 6.82. The van der Waals surface area contributed by atoms with E-state index in [9.17, 15) is 4.79 Å². The largest absolute Gasteiger partial charge is 0.356 e. The first-order valence-electron chi connectivity index (χ1n) is 9.35. The summed E-state index contributed by atoms with van der Waals surface area (Å²) < 4.78 is 0. The average molecular weight is 361 g/mol. The number of aromatic nitrogens is 2. The molecule has 0 radical (unpaired) electrons. The minimum atomic E-state index is -0.0836. The van der Waals surface area contributed by atoms with E-state index in [1.54, 1.807) is 0 Å². The number of fused-ring (bicyclic) bond motifs is 1. The molecule has 1 fully saturated rings. The Balaban J connectivity index is 1.64. The number of nitrogens with one attached hydrogen (secondary N) is 2. The fourth-order valence-corrected chi connectivity index (χ4v) is 3.43. The summed E-state index contributed by atoms with van der Waals surface area (Å²) in [6.45, 7) is 3.56. The lowest BCUT2D eigenvalue weighted by atomic mass is 10.1. The van der Waals surface area contributed by atoms with Crippen LogP contribution in [0, 0.1) is 0 Å². The maximum absolute atomic E-state index is 11.1. The minimum absolute atomic E-state index is 0.0836. The van der Waals surface area contributed by atoms with Crippen molar-refractivity contribution in [2.24, 2.45) is 0 Å². The molecule has 6 heteroatoms. The zero-order valence-electron chi connectivity index (χ0n) is 15.4. The van der Waals surface area contributed by atoms with E-state index in [0.717, 1.165) is 41.2 Å². The first-order valence-corrected chi connectivity index (χ1v) is 9.35. The quantitative estimate of drug-likeness (QED) is 0.724. The lowest BCUT2D eigenvalue weighted by Gasteiger charge is -2.29. The van der Waals surface area contributed by atoms with Gasteiger partial charge in [-0.25, -0.2) is 4.98 Å². The molecule has 0 spiro atoms. The number of carbonyl (C=O) groups is 1. The summed E-state index contributed by atoms with van der Waals surface area (Å²) in [4.78, 5) is 23.0. The molecule has 0 atom stereocenters. The molecule has 2 heterocycles. The Morgan fingerprint density at radius 2 is 1.63 bits per heavy atom. The van der Waals surface area contributed by atoms with Gasteiger partial charge in [0.25, 0.3) is 0 Å². The summed E-state index contributed by atoms with van der Waals surface area (Å²) in [6.07, 6.45) is 3.68. The lowest BCUT2D eigenvalue weighted by molar-refractivity contribution is -0.114. The number of anilines is 4. The van der Waals surface area contributed by atoms with Gasteiger partial charge in [0, 0.05) is 36.8 Å². The van der Waals surface area contributed by atoms with Crippen LogP contribution in [0.4, 0.5) is 23.1 Å². The Hall–Kier alpha value is -3.15. The molecule has 1 aliphatic heterocycles. The van der Waals surface area contributed by atoms with Crippen LogP contribution in [-0.2, 0) is 4.79 Å². The molecule has 1 aromatic heterocycles. The summed E-state index contributed by atoms with van der Waals surface area (Å²) in [5.41, 5.74) is 2.58. The Morgan fingerprint density at radius 1 is 0.926 bits per heavy atom. The van der Waals surface area contributed by atoms with Crippen molar-refractivity contribution in [3.63, 3.8) is 0 Å². The number of rotatable bonds is 4. The van der Waals surface area contributed by atoms with E-state index in [4.69, 9.17) is 4.98 Å². The van der Waals surface area contributed by atoms with Crippen molar-refractivity contribution in [2.75, 3.05) is 28.6 Å². The van der Waals surface area contributed by atoms with Gasteiger partial charge in [-0.2, -0.15) is 4.98 Å². The highest BCUT2D eigenvalue weighted by molar-refractivity contribution is 5.91. The van der Waals surface area contributed by atoms with Gasteiger partial charge in [0.05, 0.1) is 5.52 Å². The van der Waals surface area contributed by atoms with Crippen LogP contribution in [-0.4, -0.2) is 29.0 Å². The summed E-state index contributed by atoms with van der Waals surface area (Å²) in [5.74, 6) is 1.50. The Labute approximate surface area is 158 Å². The fourth-order valence-electron chi connectivity index (χ4n) is 3.43. The van der Waals surface area contributed by atoms with Crippen LogP contribution in [0.3, 0.4) is 0 Å². The van der Waals surface area contributed by atoms with E-state index >= 15 is 0 Å². The molecule has 1 amide bonds. The minimum Gasteiger partial charge on any atom is -0.356 e. The van der Waals surface area contributed by atoms with E-state index < -0.39 is 0 Å². The molecule has 1 aliphatic rings. The van der Waals surface area contributed by atoms with E-state index in [1.165, 1.54) is 26.2 Å². The van der Waals surface area contributed by atoms with Gasteiger partial charge in [0.2, 0.25) is 11.9 Å². The zero-order valence-corrected chi connectivity index (χ0v) is 15.4. The van der Waals surface area contributed by atoms with Crippen molar-refractivity contribution < 1.29 is 4.79 Å². The third-order valence-electron chi connectivity index (χ3n) is 4.70. The van der Waals surface area contributed by atoms with Gasteiger partial charge in [0.15, 0.2) is 0 Å². The highest BCUT2D eigenvalue weighted by Crippen LogP contribution is 2.28. The maximum Gasteiger partial charge on any atom is 0.229 e. The number of benzene rings is 2. The fraction of sp³-hybridized carbons (Fsp3) is 0.286. The standard InChI is InChI=1S/C21H23N5O/c1-15(27)22-16-9-11-17(12-10-16)23-21-24-19-8-4-3-7-18(19)20(25-21)26-13-5-2-6-14-26/h3-4,7-12H,2,5-6,13-14H2,1H3,(H,22,27)(H,23,24,25). The maximum atomic E-state index is 11.1. The van der Waals surface area contributed by atoms with Gasteiger partial charge >= 0.3 is 0 Å². The predicted octanol–water partition coefficient (Wildman–Crippen LogP) is 4.32. The normalized spacial score (nSPS) is 14.2. The highest BCUT2D eigenvalue weighted by Gasteiger charge is 2.17. The molecule has 2 aromatic carbocycles. The topological polar surface area (TPSA) is 70.2 Å². The Kier molecular flexibility index (Phi) is 4.87. The molecule has 138 valence electrons. The molecule has 3 aromatic rings. The first-order chi connectivity index (χ1) is 13.2. The van der Waals surface area contributed by atoms with Gasteiger partial charge in [-0.05, 0) is 55.7 Å². The Morgan fingerprint density at radius 3 is 2.37 bits per heavy atom. The lowest BCUT2D eigenvalue weighted by Crippen LogP contribution is -2.30. The van der Waals surface area contributed by atoms with Crippen LogP contribution >= 0.6 is 0 Å². The Bertz CT molecular complexity index is 948. The average Bonchev–Trinajstić information content (AvgIpc) is 2.69. The summed E-state index contributed by atoms with van der Waals surface area (Å²) in [5, 5.41) is 7.15. The second kappa shape index (κ2) is 7.61. The van der Waals surface area contributed by atoms with Crippen molar-refractivity contribution in [3.8, 4) is 0 Å². The van der Waals surface area contributed by atoms with Crippen molar-refractivity contribution >= 4 is 40.0 Å². The summed E-state index contributed by atoms with van der Waals surface area (Å²) in [7, 11) is 0. The molecule has 27 heavy (non-hydrogen) atoms. The number of amides is 1. The molecular weight excluding hydrogens is 338 g/mol. The third kappa shape index (κ3) is 4.00. The molecule has 4 rings (SSSR count). The van der Waals surface area contributed by atoms with Gasteiger partial charge in [-0.15, -0.1) is 0 Å². The van der Waals surface area contributed by atoms with Crippen molar-refractivity contribution in [1.82, 2.24) is 9.97 Å². The molecular formula is C21H23N5O. The monoisotopic (exact) mass is 361 g/mol. The molecule has 0 saturated carbocycles. The number of hydrogen-bond acceptors (Lipinski definition) is 5. The van der Waals surface area contributed by atoms with Gasteiger partial charge in [-0.1, -0.05) is 12.1 Å². The molecule has 2 N–H and O–H groups in total. The molecule has 1 saturated heterocycles. The molecule has 0 aliphatic carbocycles. The predicted molar refractivity (Wildman–Crippen MR) is 110 cm³/mol. The van der Waals surface area contributed by atoms with Gasteiger partial charge in [-0.3, -0.25) is 4.79 Å². The van der Waals surface area contributed by atoms with Crippen LogP contribution in [0.2, 0.25) is 0 Å². The van der Waals surface area contributed by atoms with E-state index in [-0.39, 0.29) is 5.91 Å². The summed E-state index contributed by atoms with van der Waals surface area (Å²) in [6, 6.07) is 15.7. The van der Waals surface area contributed by atoms with Crippen molar-refractivity contribution in [1.29, 1.82) is 0 Å². The zero-order chi connectivity index (χ0) is 18.6. The van der Waals surface area contributed by atoms with E-state index in [1.807, 2.05) is 42.5 Å². The number of hydrogen-bond donors (Lipinski definition) is 2. The second-order valence-electron chi connectivity index (χ2n) is 6.82. The number of carbonyl (C=O) groups excluding carboxylic acids is 1. The smallest absolute Gasteiger partial charge is 0.229 e. The van der Waals surface area contributed by atoms with Crippen LogP contribution in [0.25, 0.3) is 10.9 Å². The van der Waals surface area contributed by atoms with Crippen LogP contribution in [0.5, 0.6) is 0 Å². The third-order valence-corrected chi connectivity index (χ3v) is 4.70. The number of nitrogens with zero attached hydrogens (tertiary/aromatic N) is 3. The van der Waals surface area contributed by atoms with E-state index in [2.05, 4.69) is 26.6 Å². The van der Waals surface area contributed by atoms with Gasteiger partial charge in [0.1, 0.15) is 5.82 Å². The summed E-state index contributed by atoms with van der Waals surface area (Å²) >= 11 is 0. The molecule has 6 nitrogen and oxygen atoms in total. The number of piperidine rings is 1. The van der Waals surface area contributed by atoms with E-state index in [0.29, 0.717) is 5.95 Å². The SMILES string of the molecule is CC(=O)Nc1ccc(Nc2nc(N3CCCCC3)c3ccccc3n2)cc1. The van der Waals surface area contributed by atoms with Gasteiger partial charge < -0.3 is 15.5 Å².